The molecule has 0 saturated carbocycles. The summed E-state index contributed by atoms with van der Waals surface area (Å²) in [6.45, 7) is 6.56. The maximum Gasteiger partial charge on any atom is 0.306 e. The van der Waals surface area contributed by atoms with Gasteiger partial charge in [-0.15, -0.1) is 0 Å². The minimum atomic E-state index is -0.790. The fraction of sp³-hybridized carbons (Fsp3) is 0.800. The van der Waals surface area contributed by atoms with Gasteiger partial charge in [-0.1, -0.05) is 331 Å². The van der Waals surface area contributed by atoms with Crippen molar-refractivity contribution < 1.29 is 28.6 Å². The molecule has 470 valence electrons. The molecule has 6 heteroatoms. The van der Waals surface area contributed by atoms with Gasteiger partial charge in [0.2, 0.25) is 0 Å². The lowest BCUT2D eigenvalue weighted by Gasteiger charge is -2.18. The molecule has 0 aliphatic rings. The Kier molecular flexibility index (Phi) is 66.6. The van der Waals surface area contributed by atoms with E-state index >= 15 is 0 Å². The van der Waals surface area contributed by atoms with Crippen LogP contribution in [0.1, 0.15) is 367 Å². The number of hydrogen-bond acceptors (Lipinski definition) is 6. The largest absolute Gasteiger partial charge is 0.462 e. The highest BCUT2D eigenvalue weighted by molar-refractivity contribution is 5.71. The fourth-order valence-electron chi connectivity index (χ4n) is 10.4. The second-order valence-corrected chi connectivity index (χ2v) is 23.8. The number of rotatable bonds is 65. The van der Waals surface area contributed by atoms with Crippen molar-refractivity contribution in [1.82, 2.24) is 0 Å². The molecule has 0 aromatic carbocycles. The number of esters is 3. The Labute approximate surface area is 503 Å². The van der Waals surface area contributed by atoms with Crippen molar-refractivity contribution in [2.24, 2.45) is 0 Å². The lowest BCUT2D eigenvalue weighted by Crippen LogP contribution is -2.30. The fourth-order valence-corrected chi connectivity index (χ4v) is 10.4. The number of ether oxygens (including phenoxy) is 3. The zero-order valence-corrected chi connectivity index (χ0v) is 54.1. The molecule has 0 saturated heterocycles. The van der Waals surface area contributed by atoms with Crippen LogP contribution < -0.4 is 0 Å². The molecule has 0 amide bonds. The number of allylic oxidation sites excluding steroid dienone is 12. The van der Waals surface area contributed by atoms with Crippen LogP contribution in [0.15, 0.2) is 72.9 Å². The summed E-state index contributed by atoms with van der Waals surface area (Å²) in [6.07, 6.45) is 90.7. The molecule has 0 spiro atoms. The van der Waals surface area contributed by atoms with Gasteiger partial charge in [-0.05, 0) is 89.9 Å². The van der Waals surface area contributed by atoms with E-state index in [4.69, 9.17) is 14.2 Å². The number of unbranched alkanes of at least 4 members (excludes halogenated alkanes) is 42. The van der Waals surface area contributed by atoms with Crippen LogP contribution in [0.2, 0.25) is 0 Å². The van der Waals surface area contributed by atoms with Crippen LogP contribution in [0.4, 0.5) is 0 Å². The molecule has 0 aromatic heterocycles. The highest BCUT2D eigenvalue weighted by atomic mass is 16.6. The zero-order chi connectivity index (χ0) is 58.5. The Bertz CT molecular complexity index is 1490. The first-order chi connectivity index (χ1) is 40.0. The van der Waals surface area contributed by atoms with Gasteiger partial charge in [0, 0.05) is 19.3 Å². The van der Waals surface area contributed by atoms with Crippen molar-refractivity contribution in [3.63, 3.8) is 0 Å². The van der Waals surface area contributed by atoms with E-state index in [1.165, 1.54) is 212 Å². The summed E-state index contributed by atoms with van der Waals surface area (Å²) in [5, 5.41) is 0. The lowest BCUT2D eigenvalue weighted by atomic mass is 10.0. The van der Waals surface area contributed by atoms with Gasteiger partial charge in [-0.25, -0.2) is 0 Å². The summed E-state index contributed by atoms with van der Waals surface area (Å²) in [5.74, 6) is -0.889. The molecule has 0 N–H and O–H groups in total. The van der Waals surface area contributed by atoms with Crippen molar-refractivity contribution in [1.29, 1.82) is 0 Å². The summed E-state index contributed by atoms with van der Waals surface area (Å²) in [7, 11) is 0. The highest BCUT2D eigenvalue weighted by Gasteiger charge is 2.19. The average molecular weight is 1130 g/mol. The highest BCUT2D eigenvalue weighted by Crippen LogP contribution is 2.18. The van der Waals surface area contributed by atoms with Gasteiger partial charge in [0.25, 0.3) is 0 Å². The van der Waals surface area contributed by atoms with E-state index in [0.29, 0.717) is 19.3 Å². The molecular weight excluding hydrogens is 997 g/mol. The smallest absolute Gasteiger partial charge is 0.306 e. The summed E-state index contributed by atoms with van der Waals surface area (Å²) in [4.78, 5) is 38.5. The van der Waals surface area contributed by atoms with Gasteiger partial charge >= 0.3 is 17.9 Å². The molecule has 0 bridgehead atoms. The molecule has 0 heterocycles. The first-order valence-corrected chi connectivity index (χ1v) is 35.4. The van der Waals surface area contributed by atoms with E-state index in [2.05, 4.69) is 93.7 Å². The zero-order valence-electron chi connectivity index (χ0n) is 54.1. The Morgan fingerprint density at radius 1 is 0.259 bits per heavy atom. The van der Waals surface area contributed by atoms with E-state index < -0.39 is 6.10 Å². The van der Waals surface area contributed by atoms with Crippen molar-refractivity contribution in [3.8, 4) is 0 Å². The predicted octanol–water partition coefficient (Wildman–Crippen LogP) is 24.4. The first-order valence-electron chi connectivity index (χ1n) is 35.4. The number of carbonyl (C=O) groups is 3. The Morgan fingerprint density at radius 3 is 0.765 bits per heavy atom. The maximum atomic E-state index is 12.9. The van der Waals surface area contributed by atoms with Crippen molar-refractivity contribution in [3.05, 3.63) is 72.9 Å². The third-order valence-corrected chi connectivity index (χ3v) is 15.7. The minimum absolute atomic E-state index is 0.0827. The molecule has 0 aromatic rings. The minimum Gasteiger partial charge on any atom is -0.462 e. The van der Waals surface area contributed by atoms with Crippen LogP contribution in [0.3, 0.4) is 0 Å². The second kappa shape index (κ2) is 69.3. The molecule has 81 heavy (non-hydrogen) atoms. The topological polar surface area (TPSA) is 78.9 Å². The van der Waals surface area contributed by atoms with Gasteiger partial charge < -0.3 is 14.2 Å². The molecule has 0 fully saturated rings. The van der Waals surface area contributed by atoms with Gasteiger partial charge in [0.1, 0.15) is 13.2 Å². The van der Waals surface area contributed by atoms with E-state index in [1.54, 1.807) is 0 Å². The van der Waals surface area contributed by atoms with Crippen LogP contribution in [-0.4, -0.2) is 37.2 Å². The standard InChI is InChI=1S/C75H134O6/c1-4-7-10-13-16-19-22-25-28-31-33-35-36-37-38-39-41-42-44-47-50-53-56-59-62-65-68-74(77)80-71-72(70-79-73(76)67-64-61-58-55-52-49-46-30-27-24-21-18-15-12-9-6-3)81-75(78)69-66-63-60-57-54-51-48-45-43-40-34-32-29-26-23-20-17-14-11-8-5-2/h8,11,17,20,26,29-30,34,40,45-46,48,72H,4-7,9-10,12-16,18-19,21-25,27-28,31-33,35-39,41-44,47,49-71H2,1-3H3/b11-8-,20-17-,29-26-,40-34-,46-30-,48-45-. The Hall–Kier alpha value is -3.15. The molecule has 1 unspecified atom stereocenters. The van der Waals surface area contributed by atoms with Crippen LogP contribution in [0, 0.1) is 0 Å². The quantitative estimate of drug-likeness (QED) is 0.0261. The third kappa shape index (κ3) is 67.5. The van der Waals surface area contributed by atoms with Crippen LogP contribution in [-0.2, 0) is 28.6 Å². The first kappa shape index (κ1) is 77.9. The summed E-state index contributed by atoms with van der Waals surface area (Å²) < 4.78 is 17.0. The molecular formula is C75H134O6. The summed E-state index contributed by atoms with van der Waals surface area (Å²) >= 11 is 0. The summed E-state index contributed by atoms with van der Waals surface area (Å²) in [5.41, 5.74) is 0. The van der Waals surface area contributed by atoms with Crippen molar-refractivity contribution in [2.75, 3.05) is 13.2 Å². The van der Waals surface area contributed by atoms with Gasteiger partial charge in [0.15, 0.2) is 6.10 Å². The summed E-state index contributed by atoms with van der Waals surface area (Å²) in [6, 6.07) is 0. The van der Waals surface area contributed by atoms with Crippen molar-refractivity contribution >= 4 is 17.9 Å². The van der Waals surface area contributed by atoms with Crippen LogP contribution in [0.5, 0.6) is 0 Å². The Balaban J connectivity index is 4.33. The van der Waals surface area contributed by atoms with Crippen LogP contribution in [0.25, 0.3) is 0 Å². The van der Waals surface area contributed by atoms with Gasteiger partial charge in [0.05, 0.1) is 0 Å². The van der Waals surface area contributed by atoms with Gasteiger partial charge in [-0.3, -0.25) is 14.4 Å². The lowest BCUT2D eigenvalue weighted by molar-refractivity contribution is -0.167. The SMILES string of the molecule is CC/C=C\C/C=C\C/C=C\C/C=C\C/C=C\CCCCCCCC(=O)OC(COC(=O)CCCCCCC/C=C\CCCCCCCCC)COC(=O)CCCCCCCCCCCCCCCCCCCCCCCCCCCC. The van der Waals surface area contributed by atoms with E-state index in [1.807, 2.05) is 0 Å². The molecule has 0 radical (unpaired) electrons. The monoisotopic (exact) mass is 1130 g/mol. The van der Waals surface area contributed by atoms with Gasteiger partial charge in [-0.2, -0.15) is 0 Å². The molecule has 1 atom stereocenters. The second-order valence-electron chi connectivity index (χ2n) is 23.8. The maximum absolute atomic E-state index is 12.9. The molecule has 0 rings (SSSR count). The third-order valence-electron chi connectivity index (χ3n) is 15.7. The number of hydrogen-bond donors (Lipinski definition) is 0. The molecule has 0 aliphatic carbocycles. The normalized spacial score (nSPS) is 12.5. The molecule has 0 aliphatic heterocycles. The Morgan fingerprint density at radius 2 is 0.481 bits per heavy atom. The van der Waals surface area contributed by atoms with E-state index in [9.17, 15) is 14.4 Å². The van der Waals surface area contributed by atoms with E-state index in [0.717, 1.165) is 116 Å². The van der Waals surface area contributed by atoms with Crippen molar-refractivity contribution in [2.45, 2.75) is 374 Å². The molecule has 6 nitrogen and oxygen atoms in total. The number of carbonyl (C=O) groups excluding carboxylic acids is 3. The van der Waals surface area contributed by atoms with Crippen LogP contribution >= 0.6 is 0 Å². The van der Waals surface area contributed by atoms with E-state index in [-0.39, 0.29) is 31.1 Å². The predicted molar refractivity (Wildman–Crippen MR) is 353 cm³/mol. The average Bonchev–Trinajstić information content (AvgIpc) is 3.47.